The molecule has 2 rings (SSSR count). The van der Waals surface area contributed by atoms with E-state index in [0.29, 0.717) is 11.5 Å². The molecule has 0 radical (unpaired) electrons. The molecule has 2 nitrogen and oxygen atoms in total. The zero-order valence-corrected chi connectivity index (χ0v) is 4.89. The van der Waals surface area contributed by atoms with Gasteiger partial charge in [-0.3, -0.25) is 0 Å². The Morgan fingerprint density at radius 2 is 2.38 bits per heavy atom. The van der Waals surface area contributed by atoms with Gasteiger partial charge in [-0.25, -0.2) is 0 Å². The van der Waals surface area contributed by atoms with Gasteiger partial charge in [-0.1, -0.05) is 0 Å². The Morgan fingerprint density at radius 1 is 1.62 bits per heavy atom. The van der Waals surface area contributed by atoms with Crippen LogP contribution in [0.1, 0.15) is 12.8 Å². The van der Waals surface area contributed by atoms with Gasteiger partial charge in [-0.15, -0.1) is 0 Å². The third kappa shape index (κ3) is 0.446. The molecule has 0 aromatic rings. The van der Waals surface area contributed by atoms with Crippen LogP contribution in [0.2, 0.25) is 0 Å². The molecule has 2 fully saturated rings. The van der Waals surface area contributed by atoms with Crippen molar-refractivity contribution in [3.8, 4) is 0 Å². The largest absolute Gasteiger partial charge is 0.381 e. The van der Waals surface area contributed by atoms with E-state index in [1.807, 2.05) is 0 Å². The molecule has 0 aromatic carbocycles. The first-order valence-electron chi connectivity index (χ1n) is 3.17. The van der Waals surface area contributed by atoms with Crippen LogP contribution in [0.5, 0.6) is 0 Å². The van der Waals surface area contributed by atoms with Crippen molar-refractivity contribution in [2.45, 2.75) is 18.9 Å². The van der Waals surface area contributed by atoms with E-state index in [9.17, 15) is 0 Å². The average Bonchev–Trinajstić information content (AvgIpc) is 2.29. The molecule has 0 amide bonds. The Kier molecular flexibility index (Phi) is 0.746. The Hall–Kier alpha value is -0.0800. The minimum atomic E-state index is 0.458. The summed E-state index contributed by atoms with van der Waals surface area (Å²) in [6.07, 6.45) is 2.40. The summed E-state index contributed by atoms with van der Waals surface area (Å²) < 4.78 is 5.21. The minimum absolute atomic E-state index is 0.458. The van der Waals surface area contributed by atoms with Gasteiger partial charge in [0.2, 0.25) is 0 Å². The highest BCUT2D eigenvalue weighted by molar-refractivity contribution is 5.07. The van der Waals surface area contributed by atoms with Crippen LogP contribution in [-0.4, -0.2) is 19.3 Å². The maximum absolute atomic E-state index is 5.68. The van der Waals surface area contributed by atoms with E-state index < -0.39 is 0 Å². The summed E-state index contributed by atoms with van der Waals surface area (Å²) in [5.74, 6) is 0. The first-order chi connectivity index (χ1) is 3.83. The summed E-state index contributed by atoms with van der Waals surface area (Å²) >= 11 is 0. The van der Waals surface area contributed by atoms with E-state index >= 15 is 0 Å². The fourth-order valence-corrected chi connectivity index (χ4v) is 1.46. The van der Waals surface area contributed by atoms with Crippen LogP contribution in [0.15, 0.2) is 0 Å². The standard InChI is InChI=1S/C6H11NO/c7-5-3-6(5)1-2-8-4-6/h5H,1-4,7H2. The fraction of sp³-hybridized carbons (Fsp3) is 1.00. The zero-order chi connectivity index (χ0) is 5.61. The molecule has 1 saturated carbocycles. The summed E-state index contributed by atoms with van der Waals surface area (Å²) in [5.41, 5.74) is 6.14. The fourth-order valence-electron chi connectivity index (χ4n) is 1.46. The van der Waals surface area contributed by atoms with Gasteiger partial charge in [-0.2, -0.15) is 0 Å². The third-order valence-electron chi connectivity index (χ3n) is 2.39. The predicted octanol–water partition coefficient (Wildman–Crippen LogP) is 0.124. The van der Waals surface area contributed by atoms with Crippen LogP contribution in [0, 0.1) is 5.41 Å². The Balaban J connectivity index is 2.06. The van der Waals surface area contributed by atoms with E-state index in [1.165, 1.54) is 12.8 Å². The van der Waals surface area contributed by atoms with E-state index in [2.05, 4.69) is 0 Å². The van der Waals surface area contributed by atoms with Crippen molar-refractivity contribution >= 4 is 0 Å². The normalized spacial score (nSPS) is 52.9. The lowest BCUT2D eigenvalue weighted by Crippen LogP contribution is -2.13. The van der Waals surface area contributed by atoms with Gasteiger partial charge in [-0.05, 0) is 12.8 Å². The number of ether oxygens (including phenoxy) is 1. The van der Waals surface area contributed by atoms with Crippen molar-refractivity contribution in [3.05, 3.63) is 0 Å². The van der Waals surface area contributed by atoms with Crippen molar-refractivity contribution < 1.29 is 4.74 Å². The van der Waals surface area contributed by atoms with Gasteiger partial charge in [0.25, 0.3) is 0 Å². The molecule has 1 aliphatic heterocycles. The molecule has 2 atom stereocenters. The number of nitrogens with two attached hydrogens (primary N) is 1. The molecule has 2 aliphatic rings. The lowest BCUT2D eigenvalue weighted by atomic mass is 10.1. The summed E-state index contributed by atoms with van der Waals surface area (Å²) in [6, 6.07) is 0.463. The second-order valence-electron chi connectivity index (χ2n) is 2.98. The van der Waals surface area contributed by atoms with E-state index in [4.69, 9.17) is 10.5 Å². The third-order valence-corrected chi connectivity index (χ3v) is 2.39. The van der Waals surface area contributed by atoms with Crippen molar-refractivity contribution in [1.29, 1.82) is 0 Å². The average molecular weight is 113 g/mol. The molecule has 1 aliphatic carbocycles. The van der Waals surface area contributed by atoms with Gasteiger partial charge in [0.15, 0.2) is 0 Å². The molecule has 0 bridgehead atoms. The molecule has 1 spiro atoms. The smallest absolute Gasteiger partial charge is 0.0538 e. The highest BCUT2D eigenvalue weighted by Gasteiger charge is 2.53. The molecule has 2 heteroatoms. The Bertz CT molecular complexity index is 107. The molecule has 2 N–H and O–H groups in total. The maximum atomic E-state index is 5.68. The van der Waals surface area contributed by atoms with Gasteiger partial charge < -0.3 is 10.5 Å². The highest BCUT2D eigenvalue weighted by Crippen LogP contribution is 2.50. The molecule has 1 heterocycles. The monoisotopic (exact) mass is 113 g/mol. The van der Waals surface area contributed by atoms with Crippen LogP contribution in [0.25, 0.3) is 0 Å². The Labute approximate surface area is 49.0 Å². The first kappa shape index (κ1) is 4.77. The van der Waals surface area contributed by atoms with Crippen molar-refractivity contribution in [3.63, 3.8) is 0 Å². The SMILES string of the molecule is NC1CC12CCOC2. The first-order valence-corrected chi connectivity index (χ1v) is 3.17. The summed E-state index contributed by atoms with van der Waals surface area (Å²) in [4.78, 5) is 0. The topological polar surface area (TPSA) is 35.2 Å². The summed E-state index contributed by atoms with van der Waals surface area (Å²) in [7, 11) is 0. The second-order valence-corrected chi connectivity index (χ2v) is 2.98. The number of hydrogen-bond donors (Lipinski definition) is 1. The predicted molar refractivity (Wildman–Crippen MR) is 30.5 cm³/mol. The van der Waals surface area contributed by atoms with Crippen LogP contribution >= 0.6 is 0 Å². The zero-order valence-electron chi connectivity index (χ0n) is 4.89. The Morgan fingerprint density at radius 3 is 2.62 bits per heavy atom. The lowest BCUT2D eigenvalue weighted by molar-refractivity contribution is 0.181. The van der Waals surface area contributed by atoms with Gasteiger partial charge in [0.05, 0.1) is 6.61 Å². The van der Waals surface area contributed by atoms with Crippen molar-refractivity contribution in [2.24, 2.45) is 11.1 Å². The highest BCUT2D eigenvalue weighted by atomic mass is 16.5. The maximum Gasteiger partial charge on any atom is 0.0538 e. The molecule has 0 aromatic heterocycles. The molecule has 1 saturated heterocycles. The van der Waals surface area contributed by atoms with Gasteiger partial charge in [0.1, 0.15) is 0 Å². The van der Waals surface area contributed by atoms with Crippen LogP contribution in [0.3, 0.4) is 0 Å². The van der Waals surface area contributed by atoms with Crippen LogP contribution < -0.4 is 5.73 Å². The van der Waals surface area contributed by atoms with Crippen molar-refractivity contribution in [2.75, 3.05) is 13.2 Å². The minimum Gasteiger partial charge on any atom is -0.381 e. The summed E-state index contributed by atoms with van der Waals surface area (Å²) in [6.45, 7) is 1.86. The van der Waals surface area contributed by atoms with Gasteiger partial charge in [0, 0.05) is 18.1 Å². The second kappa shape index (κ2) is 1.25. The number of hydrogen-bond acceptors (Lipinski definition) is 2. The van der Waals surface area contributed by atoms with Crippen molar-refractivity contribution in [1.82, 2.24) is 0 Å². The van der Waals surface area contributed by atoms with E-state index in [1.54, 1.807) is 0 Å². The molecular weight excluding hydrogens is 102 g/mol. The van der Waals surface area contributed by atoms with Crippen LogP contribution in [0.4, 0.5) is 0 Å². The quantitative estimate of drug-likeness (QED) is 0.484. The molecule has 8 heavy (non-hydrogen) atoms. The summed E-state index contributed by atoms with van der Waals surface area (Å²) in [5, 5.41) is 0. The molecule has 2 unspecified atom stereocenters. The van der Waals surface area contributed by atoms with E-state index in [-0.39, 0.29) is 0 Å². The van der Waals surface area contributed by atoms with E-state index in [0.717, 1.165) is 13.2 Å². The number of rotatable bonds is 0. The molecular formula is C6H11NO. The van der Waals surface area contributed by atoms with Crippen LogP contribution in [-0.2, 0) is 4.74 Å². The molecule has 46 valence electrons. The lowest BCUT2D eigenvalue weighted by Gasteiger charge is -1.99. The van der Waals surface area contributed by atoms with Gasteiger partial charge >= 0.3 is 0 Å².